The normalized spacial score (nSPS) is 10.6. The number of halogens is 1. The number of hydrazone groups is 1. The zero-order chi connectivity index (χ0) is 18.5. The van der Waals surface area contributed by atoms with E-state index in [4.69, 9.17) is 0 Å². The number of phenols is 1. The van der Waals surface area contributed by atoms with E-state index in [0.717, 1.165) is 6.07 Å². The van der Waals surface area contributed by atoms with Gasteiger partial charge in [-0.2, -0.15) is 10.4 Å². The number of H-pyrrole nitrogens is 1. The first kappa shape index (κ1) is 16.9. The Bertz CT molecular complexity index is 1070. The van der Waals surface area contributed by atoms with E-state index in [2.05, 4.69) is 20.5 Å². The highest BCUT2D eigenvalue weighted by Crippen LogP contribution is 2.20. The number of anilines is 1. The van der Waals surface area contributed by atoms with Gasteiger partial charge in [0.05, 0.1) is 11.9 Å². The minimum atomic E-state index is -0.773. The Kier molecular flexibility index (Phi) is 4.71. The van der Waals surface area contributed by atoms with Crippen LogP contribution in [0.5, 0.6) is 5.75 Å². The van der Waals surface area contributed by atoms with Gasteiger partial charge in [0.15, 0.2) is 11.6 Å². The van der Waals surface area contributed by atoms with E-state index in [-0.39, 0.29) is 22.8 Å². The molecule has 7 nitrogen and oxygen atoms in total. The number of nitriles is 1. The van der Waals surface area contributed by atoms with E-state index in [0.29, 0.717) is 5.56 Å². The molecule has 0 atom stereocenters. The Morgan fingerprint density at radius 2 is 2.00 bits per heavy atom. The molecule has 0 bridgehead atoms. The molecular formula is C18H12FN5O2. The van der Waals surface area contributed by atoms with E-state index in [1.807, 2.05) is 6.07 Å². The third-order valence-electron chi connectivity index (χ3n) is 3.47. The predicted octanol–water partition coefficient (Wildman–Crippen LogP) is 2.60. The van der Waals surface area contributed by atoms with Crippen molar-refractivity contribution in [2.45, 2.75) is 0 Å². The van der Waals surface area contributed by atoms with Crippen LogP contribution in [0.1, 0.15) is 11.1 Å². The third kappa shape index (κ3) is 3.42. The molecule has 128 valence electrons. The monoisotopic (exact) mass is 349 g/mol. The van der Waals surface area contributed by atoms with Crippen molar-refractivity contribution in [1.82, 2.24) is 9.97 Å². The van der Waals surface area contributed by atoms with Gasteiger partial charge in [0, 0.05) is 11.1 Å². The molecule has 0 fully saturated rings. The molecular weight excluding hydrogens is 337 g/mol. The first-order valence-corrected chi connectivity index (χ1v) is 7.46. The van der Waals surface area contributed by atoms with Crippen LogP contribution in [0.3, 0.4) is 0 Å². The van der Waals surface area contributed by atoms with Crippen molar-refractivity contribution in [3.05, 3.63) is 75.8 Å². The maximum Gasteiger partial charge on any atom is 0.270 e. The fourth-order valence-electron chi connectivity index (χ4n) is 2.23. The highest BCUT2D eigenvalue weighted by Gasteiger charge is 2.12. The number of hydrogen-bond donors (Lipinski definition) is 3. The number of aromatic hydroxyl groups is 1. The van der Waals surface area contributed by atoms with Crippen LogP contribution in [0.2, 0.25) is 0 Å². The lowest BCUT2D eigenvalue weighted by atomic mass is 10.1. The average molecular weight is 349 g/mol. The number of aromatic nitrogens is 2. The van der Waals surface area contributed by atoms with Gasteiger partial charge in [0.25, 0.3) is 5.56 Å². The molecule has 8 heteroatoms. The van der Waals surface area contributed by atoms with Crippen molar-refractivity contribution in [3.8, 4) is 23.1 Å². The molecule has 0 spiro atoms. The summed E-state index contributed by atoms with van der Waals surface area (Å²) >= 11 is 0. The molecule has 0 aliphatic rings. The van der Waals surface area contributed by atoms with Crippen molar-refractivity contribution >= 4 is 12.2 Å². The van der Waals surface area contributed by atoms with Gasteiger partial charge >= 0.3 is 0 Å². The van der Waals surface area contributed by atoms with Gasteiger partial charge in [0.1, 0.15) is 11.6 Å². The fraction of sp³-hybridized carbons (Fsp3) is 0. The number of benzene rings is 2. The molecule has 26 heavy (non-hydrogen) atoms. The van der Waals surface area contributed by atoms with Crippen LogP contribution in [-0.2, 0) is 0 Å². The topological polar surface area (TPSA) is 114 Å². The molecule has 0 saturated heterocycles. The van der Waals surface area contributed by atoms with Crippen LogP contribution in [0.25, 0.3) is 11.3 Å². The van der Waals surface area contributed by atoms with Crippen LogP contribution in [0, 0.1) is 17.1 Å². The number of phenolic OH excluding ortho intramolecular Hbond substituents is 1. The van der Waals surface area contributed by atoms with E-state index < -0.39 is 17.1 Å². The maximum absolute atomic E-state index is 13.3. The fourth-order valence-corrected chi connectivity index (χ4v) is 2.23. The molecule has 0 radical (unpaired) electrons. The highest BCUT2D eigenvalue weighted by atomic mass is 19.1. The Morgan fingerprint density at radius 1 is 1.23 bits per heavy atom. The summed E-state index contributed by atoms with van der Waals surface area (Å²) in [7, 11) is 0. The van der Waals surface area contributed by atoms with E-state index in [1.54, 1.807) is 30.3 Å². The molecule has 3 N–H and O–H groups in total. The molecule has 0 amide bonds. The SMILES string of the molecule is N#Cc1c(-c2ccccc2)nc(NN=Cc2cccc(F)c2O)[nH]c1=O. The summed E-state index contributed by atoms with van der Waals surface area (Å²) in [5.74, 6) is -1.31. The summed E-state index contributed by atoms with van der Waals surface area (Å²) in [6.45, 7) is 0. The Hall–Kier alpha value is -3.99. The van der Waals surface area contributed by atoms with Gasteiger partial charge in [-0.15, -0.1) is 0 Å². The van der Waals surface area contributed by atoms with Gasteiger partial charge in [-0.1, -0.05) is 36.4 Å². The number of nitrogens with one attached hydrogen (secondary N) is 2. The maximum atomic E-state index is 13.3. The second kappa shape index (κ2) is 7.27. The van der Waals surface area contributed by atoms with Crippen LogP contribution < -0.4 is 11.0 Å². The van der Waals surface area contributed by atoms with E-state index in [9.17, 15) is 19.6 Å². The summed E-state index contributed by atoms with van der Waals surface area (Å²) in [6, 6.07) is 14.6. The predicted molar refractivity (Wildman–Crippen MR) is 94.3 cm³/mol. The second-order valence-corrected chi connectivity index (χ2v) is 5.16. The molecule has 2 aromatic carbocycles. The summed E-state index contributed by atoms with van der Waals surface area (Å²) in [4.78, 5) is 18.7. The molecule has 1 aromatic heterocycles. The molecule has 0 saturated carbocycles. The Labute approximate surface area is 147 Å². The third-order valence-corrected chi connectivity index (χ3v) is 3.47. The molecule has 0 unspecified atom stereocenters. The molecule has 3 rings (SSSR count). The molecule has 0 aliphatic heterocycles. The Balaban J connectivity index is 1.93. The van der Waals surface area contributed by atoms with Crippen molar-refractivity contribution in [3.63, 3.8) is 0 Å². The number of nitrogens with zero attached hydrogens (tertiary/aromatic N) is 3. The number of aromatic amines is 1. The number of para-hydroxylation sites is 1. The van der Waals surface area contributed by atoms with Crippen LogP contribution in [0.15, 0.2) is 58.4 Å². The lowest BCUT2D eigenvalue weighted by molar-refractivity contribution is 0.431. The van der Waals surface area contributed by atoms with E-state index >= 15 is 0 Å². The smallest absolute Gasteiger partial charge is 0.270 e. The quantitative estimate of drug-likeness (QED) is 0.495. The van der Waals surface area contributed by atoms with Crippen LogP contribution in [0.4, 0.5) is 10.3 Å². The van der Waals surface area contributed by atoms with Gasteiger partial charge in [0.2, 0.25) is 5.95 Å². The lowest BCUT2D eigenvalue weighted by Gasteiger charge is -2.06. The standard InChI is InChI=1S/C18H12FN5O2/c19-14-8-4-7-12(16(14)25)10-21-24-18-22-15(11-5-2-1-3-6-11)13(9-20)17(26)23-18/h1-8,10,25H,(H2,22,23,24,26). The van der Waals surface area contributed by atoms with Crippen molar-refractivity contribution < 1.29 is 9.50 Å². The van der Waals surface area contributed by atoms with Crippen molar-refractivity contribution in [2.24, 2.45) is 5.10 Å². The summed E-state index contributed by atoms with van der Waals surface area (Å²) in [5.41, 5.74) is 2.73. The van der Waals surface area contributed by atoms with Gasteiger partial charge < -0.3 is 5.11 Å². The van der Waals surface area contributed by atoms with Gasteiger partial charge in [-0.25, -0.2) is 14.8 Å². The average Bonchev–Trinajstić information content (AvgIpc) is 2.65. The molecule has 1 heterocycles. The minimum Gasteiger partial charge on any atom is -0.504 e. The lowest BCUT2D eigenvalue weighted by Crippen LogP contribution is -2.16. The van der Waals surface area contributed by atoms with Crippen LogP contribution >= 0.6 is 0 Å². The first-order valence-electron chi connectivity index (χ1n) is 7.46. The van der Waals surface area contributed by atoms with E-state index in [1.165, 1.54) is 18.3 Å². The minimum absolute atomic E-state index is 0.00000378. The zero-order valence-electron chi connectivity index (χ0n) is 13.3. The van der Waals surface area contributed by atoms with Crippen molar-refractivity contribution in [2.75, 3.05) is 5.43 Å². The Morgan fingerprint density at radius 3 is 2.73 bits per heavy atom. The molecule has 0 aliphatic carbocycles. The highest BCUT2D eigenvalue weighted by molar-refractivity contribution is 5.83. The van der Waals surface area contributed by atoms with Crippen molar-refractivity contribution in [1.29, 1.82) is 5.26 Å². The summed E-state index contributed by atoms with van der Waals surface area (Å²) < 4.78 is 13.3. The van der Waals surface area contributed by atoms with Gasteiger partial charge in [-0.3, -0.25) is 9.78 Å². The van der Waals surface area contributed by atoms with Gasteiger partial charge in [-0.05, 0) is 12.1 Å². The zero-order valence-corrected chi connectivity index (χ0v) is 13.3. The first-order chi connectivity index (χ1) is 12.6. The second-order valence-electron chi connectivity index (χ2n) is 5.16. The number of rotatable bonds is 4. The number of hydrogen-bond acceptors (Lipinski definition) is 6. The molecule has 3 aromatic rings. The van der Waals surface area contributed by atoms with Crippen LogP contribution in [-0.4, -0.2) is 21.3 Å². The summed E-state index contributed by atoms with van der Waals surface area (Å²) in [5, 5.41) is 22.6. The largest absolute Gasteiger partial charge is 0.504 e. The summed E-state index contributed by atoms with van der Waals surface area (Å²) in [6.07, 6.45) is 1.18.